The van der Waals surface area contributed by atoms with Gasteiger partial charge in [-0.2, -0.15) is 0 Å². The van der Waals surface area contributed by atoms with Gasteiger partial charge in [0, 0.05) is 15.1 Å². The highest BCUT2D eigenvalue weighted by Crippen LogP contribution is 2.43. The number of nitrogens with zero attached hydrogens (tertiary/aromatic N) is 1. The van der Waals surface area contributed by atoms with Crippen LogP contribution in [0.3, 0.4) is 0 Å². The smallest absolute Gasteiger partial charge is 0.272 e. The van der Waals surface area contributed by atoms with E-state index in [0.717, 1.165) is 9.78 Å². The third-order valence-corrected chi connectivity index (χ3v) is 5.75. The zero-order valence-electron chi connectivity index (χ0n) is 13.9. The number of halogens is 1. The van der Waals surface area contributed by atoms with E-state index >= 15 is 0 Å². The fourth-order valence-corrected chi connectivity index (χ4v) is 4.53. The van der Waals surface area contributed by atoms with E-state index in [1.165, 1.54) is 30.2 Å². The molecule has 0 fully saturated rings. The highest BCUT2D eigenvalue weighted by Gasteiger charge is 2.42. The molecule has 0 unspecified atom stereocenters. The molecular formula is C18H16ClNO3S2. The zero-order valence-corrected chi connectivity index (χ0v) is 16.3. The Bertz CT molecular complexity index is 859. The summed E-state index contributed by atoms with van der Waals surface area (Å²) in [4.78, 5) is 28.6. The maximum Gasteiger partial charge on any atom is 0.272 e. The number of thiophene rings is 1. The number of hydrogen-bond donors (Lipinski definition) is 0. The van der Waals surface area contributed by atoms with Crippen molar-refractivity contribution in [2.24, 2.45) is 0 Å². The molecule has 0 radical (unpaired) electrons. The first-order valence-corrected chi connectivity index (χ1v) is 9.75. The van der Waals surface area contributed by atoms with Gasteiger partial charge < -0.3 is 4.74 Å². The van der Waals surface area contributed by atoms with Gasteiger partial charge >= 0.3 is 0 Å². The SMILES string of the molecule is COc1ccc(Cl)cc1N1C(=O)C(SC(C)C)=C(c2cccs2)C1=O. The molecule has 130 valence electrons. The van der Waals surface area contributed by atoms with Crippen molar-refractivity contribution in [2.75, 3.05) is 12.0 Å². The van der Waals surface area contributed by atoms with Crippen LogP contribution in [0.25, 0.3) is 5.57 Å². The predicted molar refractivity (Wildman–Crippen MR) is 104 cm³/mol. The second kappa shape index (κ2) is 7.23. The Kier molecular flexibility index (Phi) is 5.22. The van der Waals surface area contributed by atoms with Gasteiger partial charge in [0.25, 0.3) is 11.8 Å². The van der Waals surface area contributed by atoms with Crippen molar-refractivity contribution in [2.45, 2.75) is 19.1 Å². The first-order chi connectivity index (χ1) is 11.9. The predicted octanol–water partition coefficient (Wildman–Crippen LogP) is 4.84. The lowest BCUT2D eigenvalue weighted by atomic mass is 10.2. The molecule has 0 bridgehead atoms. The molecule has 2 heterocycles. The van der Waals surface area contributed by atoms with E-state index in [1.807, 2.05) is 31.4 Å². The first kappa shape index (κ1) is 18.0. The Labute approximate surface area is 159 Å². The van der Waals surface area contributed by atoms with Gasteiger partial charge in [-0.25, -0.2) is 4.90 Å². The Morgan fingerprint density at radius 3 is 2.56 bits per heavy atom. The summed E-state index contributed by atoms with van der Waals surface area (Å²) in [5.74, 6) is -0.267. The summed E-state index contributed by atoms with van der Waals surface area (Å²) >= 11 is 8.92. The summed E-state index contributed by atoms with van der Waals surface area (Å²) in [6, 6.07) is 8.60. The van der Waals surface area contributed by atoms with Crippen LogP contribution >= 0.6 is 34.7 Å². The fourth-order valence-electron chi connectivity index (χ4n) is 2.55. The van der Waals surface area contributed by atoms with Crippen LogP contribution < -0.4 is 9.64 Å². The number of carbonyl (C=O) groups is 2. The standard InChI is InChI=1S/C18H16ClNO3S2/c1-10(2)25-16-15(14-5-4-8-24-14)17(21)20(18(16)22)12-9-11(19)6-7-13(12)23-3/h4-10H,1-3H3. The van der Waals surface area contributed by atoms with E-state index in [1.54, 1.807) is 18.2 Å². The maximum absolute atomic E-state index is 13.1. The van der Waals surface area contributed by atoms with Crippen molar-refractivity contribution in [1.29, 1.82) is 0 Å². The number of amides is 2. The number of rotatable bonds is 5. The lowest BCUT2D eigenvalue weighted by Gasteiger charge is -2.18. The minimum atomic E-state index is -0.351. The van der Waals surface area contributed by atoms with Crippen LogP contribution in [0.5, 0.6) is 5.75 Å². The molecule has 0 N–H and O–H groups in total. The maximum atomic E-state index is 13.1. The molecule has 0 spiro atoms. The van der Waals surface area contributed by atoms with Crippen LogP contribution in [0, 0.1) is 0 Å². The van der Waals surface area contributed by atoms with E-state index in [2.05, 4.69) is 0 Å². The van der Waals surface area contributed by atoms with Crippen LogP contribution in [0.2, 0.25) is 5.02 Å². The minimum absolute atomic E-state index is 0.169. The van der Waals surface area contributed by atoms with Crippen LogP contribution in [-0.2, 0) is 9.59 Å². The third kappa shape index (κ3) is 3.34. The fraction of sp³-hybridized carbons (Fsp3) is 0.222. The van der Waals surface area contributed by atoms with Crippen molar-refractivity contribution in [3.05, 3.63) is 50.5 Å². The Balaban J connectivity index is 2.13. The van der Waals surface area contributed by atoms with Gasteiger partial charge in [-0.15, -0.1) is 23.1 Å². The van der Waals surface area contributed by atoms with E-state index < -0.39 is 0 Å². The highest BCUT2D eigenvalue weighted by atomic mass is 35.5. The van der Waals surface area contributed by atoms with E-state index in [0.29, 0.717) is 26.9 Å². The summed E-state index contributed by atoms with van der Waals surface area (Å²) in [5, 5.41) is 2.49. The quantitative estimate of drug-likeness (QED) is 0.682. The zero-order chi connectivity index (χ0) is 18.1. The third-order valence-electron chi connectivity index (χ3n) is 3.54. The number of methoxy groups -OCH3 is 1. The molecule has 2 aromatic rings. The molecule has 2 amide bonds. The van der Waals surface area contributed by atoms with Gasteiger partial charge in [0.15, 0.2) is 0 Å². The van der Waals surface area contributed by atoms with Gasteiger partial charge in [0.2, 0.25) is 0 Å². The number of thioether (sulfide) groups is 1. The molecule has 3 rings (SSSR count). The van der Waals surface area contributed by atoms with Crippen molar-refractivity contribution in [1.82, 2.24) is 0 Å². The number of anilines is 1. The number of imide groups is 1. The number of hydrogen-bond acceptors (Lipinski definition) is 5. The number of carbonyl (C=O) groups excluding carboxylic acids is 2. The molecule has 1 aliphatic heterocycles. The van der Waals surface area contributed by atoms with Crippen LogP contribution in [0.15, 0.2) is 40.6 Å². The highest BCUT2D eigenvalue weighted by molar-refractivity contribution is 8.04. The minimum Gasteiger partial charge on any atom is -0.495 e. The molecule has 1 aliphatic rings. The van der Waals surface area contributed by atoms with Crippen molar-refractivity contribution in [3.8, 4) is 5.75 Å². The largest absolute Gasteiger partial charge is 0.495 e. The van der Waals surface area contributed by atoms with Gasteiger partial charge in [-0.3, -0.25) is 9.59 Å². The molecule has 0 saturated carbocycles. The Morgan fingerprint density at radius 1 is 1.20 bits per heavy atom. The van der Waals surface area contributed by atoms with Crippen molar-refractivity contribution in [3.63, 3.8) is 0 Å². The summed E-state index contributed by atoms with van der Waals surface area (Å²) < 4.78 is 5.32. The van der Waals surface area contributed by atoms with Gasteiger partial charge in [-0.05, 0) is 29.6 Å². The second-order valence-corrected chi connectivity index (χ2v) is 8.58. The average Bonchev–Trinajstić information content (AvgIpc) is 3.15. The van der Waals surface area contributed by atoms with E-state index in [4.69, 9.17) is 16.3 Å². The summed E-state index contributed by atoms with van der Waals surface area (Å²) in [5.41, 5.74) is 0.805. The topological polar surface area (TPSA) is 46.6 Å². The summed E-state index contributed by atoms with van der Waals surface area (Å²) in [6.07, 6.45) is 0. The molecular weight excluding hydrogens is 378 g/mol. The average molecular weight is 394 g/mol. The monoisotopic (exact) mass is 393 g/mol. The Hall–Kier alpha value is -1.76. The van der Waals surface area contributed by atoms with Crippen LogP contribution in [0.4, 0.5) is 5.69 Å². The number of benzene rings is 1. The molecule has 1 aromatic carbocycles. The molecule has 1 aromatic heterocycles. The van der Waals surface area contributed by atoms with E-state index in [9.17, 15) is 9.59 Å². The lowest BCUT2D eigenvalue weighted by molar-refractivity contribution is -0.119. The molecule has 4 nitrogen and oxygen atoms in total. The normalized spacial score (nSPS) is 14.8. The first-order valence-electron chi connectivity index (χ1n) is 7.61. The van der Waals surface area contributed by atoms with Crippen LogP contribution in [0.1, 0.15) is 18.7 Å². The van der Waals surface area contributed by atoms with Crippen LogP contribution in [-0.4, -0.2) is 24.2 Å². The molecule has 0 saturated heterocycles. The Morgan fingerprint density at radius 2 is 1.96 bits per heavy atom. The molecule has 0 aliphatic carbocycles. The lowest BCUT2D eigenvalue weighted by Crippen LogP contribution is -2.31. The van der Waals surface area contributed by atoms with Crippen molar-refractivity contribution < 1.29 is 14.3 Å². The summed E-state index contributed by atoms with van der Waals surface area (Å²) in [7, 11) is 1.50. The molecule has 7 heteroatoms. The molecule has 0 atom stereocenters. The van der Waals surface area contributed by atoms with E-state index in [-0.39, 0.29) is 17.1 Å². The van der Waals surface area contributed by atoms with Gasteiger partial charge in [0.05, 0.1) is 23.3 Å². The molecule has 25 heavy (non-hydrogen) atoms. The van der Waals surface area contributed by atoms with Gasteiger partial charge in [0.1, 0.15) is 5.75 Å². The summed E-state index contributed by atoms with van der Waals surface area (Å²) in [6.45, 7) is 3.98. The number of ether oxygens (including phenoxy) is 1. The second-order valence-electron chi connectivity index (χ2n) is 5.61. The van der Waals surface area contributed by atoms with Crippen molar-refractivity contribution >= 4 is 57.8 Å². The van der Waals surface area contributed by atoms with Gasteiger partial charge in [-0.1, -0.05) is 31.5 Å².